The van der Waals surface area contributed by atoms with Crippen molar-refractivity contribution in [3.63, 3.8) is 0 Å². The summed E-state index contributed by atoms with van der Waals surface area (Å²) in [5, 5.41) is 9.81. The van der Waals surface area contributed by atoms with Crippen LogP contribution in [-0.4, -0.2) is 37.0 Å². The quantitative estimate of drug-likeness (QED) is 0.290. The molecule has 40 heavy (non-hydrogen) atoms. The summed E-state index contributed by atoms with van der Waals surface area (Å²) in [6, 6.07) is 12.5. The number of methoxy groups -OCH3 is 1. The van der Waals surface area contributed by atoms with E-state index in [2.05, 4.69) is 0 Å². The zero-order valence-electron chi connectivity index (χ0n) is 22.7. The normalized spacial score (nSPS) is 17.6. The molecule has 2 atom stereocenters. The van der Waals surface area contributed by atoms with E-state index in [1.165, 1.54) is 31.4 Å². The Morgan fingerprint density at radius 2 is 1.82 bits per heavy atom. The van der Waals surface area contributed by atoms with Crippen molar-refractivity contribution in [1.82, 2.24) is 0 Å². The minimum absolute atomic E-state index is 0.00899. The third-order valence-electron chi connectivity index (χ3n) is 7.13. The molecule has 0 spiro atoms. The Balaban J connectivity index is 1.29. The predicted octanol–water partition coefficient (Wildman–Crippen LogP) is 6.40. The number of aliphatic hydroxyl groups is 1. The molecule has 0 radical (unpaired) electrons. The van der Waals surface area contributed by atoms with Gasteiger partial charge in [-0.1, -0.05) is 6.07 Å². The number of ether oxygens (including phenoxy) is 5. The molecule has 3 aromatic rings. The van der Waals surface area contributed by atoms with Crippen LogP contribution in [0.15, 0.2) is 48.5 Å². The van der Waals surface area contributed by atoms with Gasteiger partial charge in [0, 0.05) is 41.2 Å². The number of carbonyl (C=O) groups is 1. The van der Waals surface area contributed by atoms with Crippen molar-refractivity contribution >= 4 is 5.97 Å². The lowest BCUT2D eigenvalue weighted by Crippen LogP contribution is -2.21. The van der Waals surface area contributed by atoms with Crippen LogP contribution in [0.25, 0.3) is 0 Å². The summed E-state index contributed by atoms with van der Waals surface area (Å²) in [4.78, 5) is 11.7. The highest BCUT2D eigenvalue weighted by atomic mass is 19.1. The van der Waals surface area contributed by atoms with Crippen LogP contribution in [0, 0.1) is 11.6 Å². The summed E-state index contributed by atoms with van der Waals surface area (Å²) in [6.45, 7) is 3.96. The number of esters is 1. The Kier molecular flexibility index (Phi) is 7.85. The second-order valence-corrected chi connectivity index (χ2v) is 10.7. The van der Waals surface area contributed by atoms with E-state index in [4.69, 9.17) is 23.7 Å². The van der Waals surface area contributed by atoms with E-state index in [0.29, 0.717) is 60.0 Å². The molecule has 1 N–H and O–H groups in total. The molecule has 0 amide bonds. The smallest absolute Gasteiger partial charge is 0.306 e. The van der Waals surface area contributed by atoms with Crippen molar-refractivity contribution in [3.05, 3.63) is 76.9 Å². The zero-order chi connectivity index (χ0) is 28.4. The molecule has 0 bridgehead atoms. The minimum atomic E-state index is -0.880. The van der Waals surface area contributed by atoms with Crippen LogP contribution in [-0.2, 0) is 16.0 Å². The van der Waals surface area contributed by atoms with Crippen LogP contribution in [0.2, 0.25) is 0 Å². The summed E-state index contributed by atoms with van der Waals surface area (Å²) >= 11 is 0. The highest BCUT2D eigenvalue weighted by molar-refractivity contribution is 5.71. The second kappa shape index (κ2) is 11.3. The molecular formula is C31H32F2O7. The van der Waals surface area contributed by atoms with Gasteiger partial charge in [-0.25, -0.2) is 8.78 Å². The third kappa shape index (κ3) is 6.14. The number of fused-ring (bicyclic) bond motifs is 2. The molecule has 1 heterocycles. The molecule has 1 unspecified atom stereocenters. The van der Waals surface area contributed by atoms with Crippen molar-refractivity contribution in [2.24, 2.45) is 0 Å². The average Bonchev–Trinajstić information content (AvgIpc) is 3.51. The van der Waals surface area contributed by atoms with Crippen molar-refractivity contribution < 1.29 is 42.4 Å². The molecular weight excluding hydrogens is 522 g/mol. The minimum Gasteiger partial charge on any atom is -0.493 e. The maximum atomic E-state index is 15.0. The van der Waals surface area contributed by atoms with Gasteiger partial charge in [-0.3, -0.25) is 4.79 Å². The summed E-state index contributed by atoms with van der Waals surface area (Å²) in [5.41, 5.74) is 1.04. The van der Waals surface area contributed by atoms with Gasteiger partial charge in [0.2, 0.25) is 0 Å². The molecule has 1 aliphatic heterocycles. The van der Waals surface area contributed by atoms with Gasteiger partial charge in [-0.15, -0.1) is 0 Å². The molecule has 1 aliphatic carbocycles. The number of halogens is 2. The van der Waals surface area contributed by atoms with E-state index in [1.54, 1.807) is 32.0 Å². The molecule has 7 nitrogen and oxygen atoms in total. The largest absolute Gasteiger partial charge is 0.493 e. The molecule has 9 heteroatoms. The molecule has 3 aromatic carbocycles. The summed E-state index contributed by atoms with van der Waals surface area (Å²) in [5.74, 6) is 0.396. The van der Waals surface area contributed by atoms with E-state index < -0.39 is 23.3 Å². The van der Waals surface area contributed by atoms with Crippen LogP contribution < -0.4 is 18.9 Å². The lowest BCUT2D eigenvalue weighted by molar-refractivity contribution is -0.141. The molecule has 5 rings (SSSR count). The maximum Gasteiger partial charge on any atom is 0.306 e. The van der Waals surface area contributed by atoms with Crippen molar-refractivity contribution in [2.75, 3.05) is 20.3 Å². The summed E-state index contributed by atoms with van der Waals surface area (Å²) < 4.78 is 58.0. The fourth-order valence-corrected chi connectivity index (χ4v) is 4.99. The number of hydrogen-bond donors (Lipinski definition) is 1. The number of carbonyl (C=O) groups excluding carboxylic acids is 1. The second-order valence-electron chi connectivity index (χ2n) is 10.7. The first-order chi connectivity index (χ1) is 19.1. The maximum absolute atomic E-state index is 15.0. The van der Waals surface area contributed by atoms with Gasteiger partial charge in [-0.05, 0) is 57.0 Å². The number of rotatable bonds is 10. The molecule has 0 saturated carbocycles. The fourth-order valence-electron chi connectivity index (χ4n) is 4.99. The monoisotopic (exact) mass is 554 g/mol. The molecule has 0 saturated heterocycles. The van der Waals surface area contributed by atoms with Gasteiger partial charge in [0.25, 0.3) is 0 Å². The highest BCUT2D eigenvalue weighted by Crippen LogP contribution is 2.44. The number of benzene rings is 3. The van der Waals surface area contributed by atoms with Crippen molar-refractivity contribution in [1.29, 1.82) is 0 Å². The molecule has 0 aromatic heterocycles. The van der Waals surface area contributed by atoms with Gasteiger partial charge in [0.1, 0.15) is 34.9 Å². The van der Waals surface area contributed by atoms with E-state index in [0.717, 1.165) is 5.56 Å². The van der Waals surface area contributed by atoms with Gasteiger partial charge < -0.3 is 28.8 Å². The average molecular weight is 555 g/mol. The van der Waals surface area contributed by atoms with E-state index >= 15 is 4.39 Å². The van der Waals surface area contributed by atoms with Gasteiger partial charge in [0.05, 0.1) is 32.3 Å². The van der Waals surface area contributed by atoms with Crippen LogP contribution in [0.5, 0.6) is 28.7 Å². The lowest BCUT2D eigenvalue weighted by Gasteiger charge is -2.18. The van der Waals surface area contributed by atoms with Gasteiger partial charge in [0.15, 0.2) is 11.6 Å². The first kappa shape index (κ1) is 27.7. The Hall–Kier alpha value is -3.85. The zero-order valence-corrected chi connectivity index (χ0v) is 22.7. The number of hydrogen-bond acceptors (Lipinski definition) is 7. The van der Waals surface area contributed by atoms with Crippen LogP contribution in [0.3, 0.4) is 0 Å². The predicted molar refractivity (Wildman–Crippen MR) is 142 cm³/mol. The summed E-state index contributed by atoms with van der Waals surface area (Å²) in [6.07, 6.45) is 1.08. The lowest BCUT2D eigenvalue weighted by atomic mass is 9.98. The van der Waals surface area contributed by atoms with E-state index in [9.17, 15) is 14.3 Å². The Morgan fingerprint density at radius 3 is 2.58 bits per heavy atom. The van der Waals surface area contributed by atoms with Crippen LogP contribution >= 0.6 is 0 Å². The van der Waals surface area contributed by atoms with E-state index in [-0.39, 0.29) is 30.7 Å². The van der Waals surface area contributed by atoms with Gasteiger partial charge >= 0.3 is 5.97 Å². The van der Waals surface area contributed by atoms with E-state index in [1.807, 2.05) is 6.07 Å². The Labute approximate surface area is 231 Å². The first-order valence-electron chi connectivity index (χ1n) is 13.3. The van der Waals surface area contributed by atoms with Gasteiger partial charge in [-0.2, -0.15) is 0 Å². The summed E-state index contributed by atoms with van der Waals surface area (Å²) in [7, 11) is 1.36. The first-order valence-corrected chi connectivity index (χ1v) is 13.3. The fraction of sp³-hybridized carbons (Fsp3) is 0.387. The van der Waals surface area contributed by atoms with Crippen LogP contribution in [0.4, 0.5) is 8.78 Å². The van der Waals surface area contributed by atoms with Crippen molar-refractivity contribution in [2.45, 2.75) is 57.2 Å². The topological polar surface area (TPSA) is 83.5 Å². The Bertz CT molecular complexity index is 1400. The molecule has 212 valence electrons. The molecule has 0 fully saturated rings. The standard InChI is InChI=1S/C31H32F2O7/c1-31(2,35)12-13-37-19-5-9-26(24(33)15-19)40-25-11-8-23(32)30-22(25)7-10-27(30)39-20-4-6-21-18(14-29(34)36-3)17-38-28(21)16-20/h4-6,8-9,11,15-16,18,27,35H,7,10,12-14,17H2,1-3H3/t18?,27-/m1/s1. The van der Waals surface area contributed by atoms with Crippen molar-refractivity contribution in [3.8, 4) is 28.7 Å². The molecule has 2 aliphatic rings. The SMILES string of the molecule is COC(=O)CC1COc2cc(O[C@@H]3CCc4c(Oc5ccc(OCCC(C)(C)O)cc5F)ccc(F)c43)ccc21. The third-order valence-corrected chi connectivity index (χ3v) is 7.13. The van der Waals surface area contributed by atoms with Crippen LogP contribution in [0.1, 0.15) is 61.8 Å². The highest BCUT2D eigenvalue weighted by Gasteiger charge is 2.32. The Morgan fingerprint density at radius 1 is 1.05 bits per heavy atom.